The Morgan fingerprint density at radius 3 is 2.96 bits per heavy atom. The van der Waals surface area contributed by atoms with Crippen molar-refractivity contribution in [1.82, 2.24) is 4.90 Å². The Bertz CT molecular complexity index is 654. The largest absolute Gasteiger partial charge is 0.465 e. The van der Waals surface area contributed by atoms with Gasteiger partial charge in [0.25, 0.3) is 0 Å². The normalized spacial score (nSPS) is 19.2. The maximum atomic E-state index is 12.7. The SMILES string of the molecule is CCc1ccc(C2CCCCCN2C(=O)C=Cc2ccco2)o1. The summed E-state index contributed by atoms with van der Waals surface area (Å²) in [5.41, 5.74) is 0. The average Bonchev–Trinajstić information content (AvgIpc) is 3.20. The monoisotopic (exact) mass is 313 g/mol. The molecule has 3 heterocycles. The van der Waals surface area contributed by atoms with Crippen molar-refractivity contribution in [2.45, 2.75) is 45.1 Å². The van der Waals surface area contributed by atoms with E-state index in [1.165, 1.54) is 0 Å². The molecule has 122 valence electrons. The third-order valence-corrected chi connectivity index (χ3v) is 4.33. The van der Waals surface area contributed by atoms with Crippen LogP contribution in [0.2, 0.25) is 0 Å². The van der Waals surface area contributed by atoms with Gasteiger partial charge in [-0.1, -0.05) is 19.8 Å². The molecule has 1 atom stereocenters. The number of nitrogens with zero attached hydrogens (tertiary/aromatic N) is 1. The smallest absolute Gasteiger partial charge is 0.247 e. The quantitative estimate of drug-likeness (QED) is 0.775. The number of hydrogen-bond donors (Lipinski definition) is 0. The maximum Gasteiger partial charge on any atom is 0.247 e. The van der Waals surface area contributed by atoms with Crippen molar-refractivity contribution in [3.63, 3.8) is 0 Å². The first-order valence-corrected chi connectivity index (χ1v) is 8.38. The van der Waals surface area contributed by atoms with Crippen LogP contribution in [0.1, 0.15) is 55.9 Å². The van der Waals surface area contributed by atoms with Crippen molar-refractivity contribution in [1.29, 1.82) is 0 Å². The molecule has 0 spiro atoms. The first-order valence-electron chi connectivity index (χ1n) is 8.38. The molecule has 0 saturated carbocycles. The van der Waals surface area contributed by atoms with Gasteiger partial charge < -0.3 is 13.7 Å². The summed E-state index contributed by atoms with van der Waals surface area (Å²) in [5, 5.41) is 0. The number of likely N-dealkylation sites (tertiary alicyclic amines) is 1. The molecule has 0 aliphatic carbocycles. The molecule has 1 amide bonds. The number of carbonyl (C=O) groups is 1. The second-order valence-corrected chi connectivity index (χ2v) is 5.90. The third-order valence-electron chi connectivity index (χ3n) is 4.33. The summed E-state index contributed by atoms with van der Waals surface area (Å²) < 4.78 is 11.2. The molecule has 1 fully saturated rings. The molecule has 0 radical (unpaired) electrons. The second-order valence-electron chi connectivity index (χ2n) is 5.90. The van der Waals surface area contributed by atoms with Crippen LogP contribution in [0.25, 0.3) is 6.08 Å². The minimum Gasteiger partial charge on any atom is -0.465 e. The van der Waals surface area contributed by atoms with E-state index in [1.54, 1.807) is 18.4 Å². The van der Waals surface area contributed by atoms with Crippen molar-refractivity contribution in [3.05, 3.63) is 53.9 Å². The molecule has 1 aliphatic heterocycles. The van der Waals surface area contributed by atoms with E-state index in [0.717, 1.165) is 50.2 Å². The van der Waals surface area contributed by atoms with Crippen LogP contribution in [0.15, 0.2) is 45.4 Å². The van der Waals surface area contributed by atoms with E-state index in [-0.39, 0.29) is 11.9 Å². The molecule has 2 aromatic heterocycles. The first kappa shape index (κ1) is 15.7. The van der Waals surface area contributed by atoms with Gasteiger partial charge in [-0.2, -0.15) is 0 Å². The van der Waals surface area contributed by atoms with Crippen LogP contribution in [0, 0.1) is 0 Å². The summed E-state index contributed by atoms with van der Waals surface area (Å²) in [5.74, 6) is 2.59. The van der Waals surface area contributed by atoms with Gasteiger partial charge in [0.1, 0.15) is 17.3 Å². The highest BCUT2D eigenvalue weighted by Gasteiger charge is 2.27. The molecule has 2 aromatic rings. The topological polar surface area (TPSA) is 46.6 Å². The van der Waals surface area contributed by atoms with Crippen molar-refractivity contribution in [2.24, 2.45) is 0 Å². The summed E-state index contributed by atoms with van der Waals surface area (Å²) in [6.07, 6.45) is 10.1. The van der Waals surface area contributed by atoms with Crippen LogP contribution in [0.5, 0.6) is 0 Å². The summed E-state index contributed by atoms with van der Waals surface area (Å²) in [6.45, 7) is 2.85. The van der Waals surface area contributed by atoms with Gasteiger partial charge >= 0.3 is 0 Å². The maximum absolute atomic E-state index is 12.7. The number of hydrogen-bond acceptors (Lipinski definition) is 3. The Kier molecular flexibility index (Phi) is 5.01. The molecule has 3 rings (SSSR count). The van der Waals surface area contributed by atoms with Gasteiger partial charge in [0.2, 0.25) is 5.91 Å². The number of aryl methyl sites for hydroxylation is 1. The van der Waals surface area contributed by atoms with E-state index in [1.807, 2.05) is 29.2 Å². The van der Waals surface area contributed by atoms with Crippen molar-refractivity contribution >= 4 is 12.0 Å². The fraction of sp³-hybridized carbons (Fsp3) is 0.421. The molecule has 0 N–H and O–H groups in total. The van der Waals surface area contributed by atoms with Crippen LogP contribution in [-0.2, 0) is 11.2 Å². The zero-order chi connectivity index (χ0) is 16.1. The van der Waals surface area contributed by atoms with Gasteiger partial charge in [-0.15, -0.1) is 0 Å². The van der Waals surface area contributed by atoms with Crippen molar-refractivity contribution in [2.75, 3.05) is 6.54 Å². The number of furan rings is 2. The zero-order valence-corrected chi connectivity index (χ0v) is 13.5. The Balaban J connectivity index is 1.79. The highest BCUT2D eigenvalue weighted by molar-refractivity contribution is 5.91. The van der Waals surface area contributed by atoms with Gasteiger partial charge in [0, 0.05) is 19.0 Å². The summed E-state index contributed by atoms with van der Waals surface area (Å²) in [6, 6.07) is 7.72. The molecular formula is C19H23NO3. The average molecular weight is 313 g/mol. The van der Waals surface area contributed by atoms with Crippen LogP contribution in [0.4, 0.5) is 0 Å². The van der Waals surface area contributed by atoms with E-state index in [2.05, 4.69) is 6.92 Å². The lowest BCUT2D eigenvalue weighted by molar-refractivity contribution is -0.128. The molecule has 1 saturated heterocycles. The fourth-order valence-corrected chi connectivity index (χ4v) is 3.07. The number of rotatable bonds is 4. The van der Waals surface area contributed by atoms with Crippen LogP contribution >= 0.6 is 0 Å². The molecule has 0 bridgehead atoms. The molecule has 1 aliphatic rings. The van der Waals surface area contributed by atoms with Crippen LogP contribution < -0.4 is 0 Å². The van der Waals surface area contributed by atoms with Crippen molar-refractivity contribution < 1.29 is 13.6 Å². The summed E-state index contributed by atoms with van der Waals surface area (Å²) in [7, 11) is 0. The molecule has 1 unspecified atom stereocenters. The van der Waals surface area contributed by atoms with E-state index in [9.17, 15) is 4.79 Å². The first-order chi connectivity index (χ1) is 11.3. The van der Waals surface area contributed by atoms with Crippen LogP contribution in [0.3, 0.4) is 0 Å². The molecule has 0 aromatic carbocycles. The minimum absolute atomic E-state index is 0.0164. The van der Waals surface area contributed by atoms with Gasteiger partial charge in [-0.05, 0) is 43.2 Å². The van der Waals surface area contributed by atoms with E-state index in [4.69, 9.17) is 8.83 Å². The van der Waals surface area contributed by atoms with Gasteiger partial charge in [-0.3, -0.25) is 4.79 Å². The summed E-state index contributed by atoms with van der Waals surface area (Å²) in [4.78, 5) is 14.6. The standard InChI is InChI=1S/C19H23NO3/c1-2-15-9-11-18(23-15)17-8-4-3-5-13-20(17)19(21)12-10-16-7-6-14-22-16/h6-7,9-12,14,17H,2-5,8,13H2,1H3. The number of carbonyl (C=O) groups excluding carboxylic acids is 1. The lowest BCUT2D eigenvalue weighted by Gasteiger charge is -2.27. The highest BCUT2D eigenvalue weighted by Crippen LogP contribution is 2.31. The van der Waals surface area contributed by atoms with Gasteiger partial charge in [0.05, 0.1) is 12.3 Å². The summed E-state index contributed by atoms with van der Waals surface area (Å²) >= 11 is 0. The van der Waals surface area contributed by atoms with Crippen molar-refractivity contribution in [3.8, 4) is 0 Å². The second kappa shape index (κ2) is 7.36. The van der Waals surface area contributed by atoms with Gasteiger partial charge in [-0.25, -0.2) is 0 Å². The Labute approximate surface area is 136 Å². The Morgan fingerprint density at radius 2 is 2.22 bits per heavy atom. The Morgan fingerprint density at radius 1 is 1.30 bits per heavy atom. The number of amides is 1. The lowest BCUT2D eigenvalue weighted by Crippen LogP contribution is -2.33. The van der Waals surface area contributed by atoms with Gasteiger partial charge in [0.15, 0.2) is 0 Å². The van der Waals surface area contributed by atoms with E-state index < -0.39 is 0 Å². The molecule has 23 heavy (non-hydrogen) atoms. The zero-order valence-electron chi connectivity index (χ0n) is 13.5. The van der Waals surface area contributed by atoms with E-state index >= 15 is 0 Å². The predicted octanol–water partition coefficient (Wildman–Crippen LogP) is 4.59. The fourth-order valence-electron chi connectivity index (χ4n) is 3.07. The molecule has 4 nitrogen and oxygen atoms in total. The molecular weight excluding hydrogens is 290 g/mol. The lowest BCUT2D eigenvalue weighted by atomic mass is 10.1. The van der Waals surface area contributed by atoms with E-state index in [0.29, 0.717) is 5.76 Å². The highest BCUT2D eigenvalue weighted by atomic mass is 16.3. The third kappa shape index (κ3) is 3.76. The van der Waals surface area contributed by atoms with Crippen LogP contribution in [-0.4, -0.2) is 17.4 Å². The predicted molar refractivity (Wildman–Crippen MR) is 88.8 cm³/mol. The molecule has 4 heteroatoms. The minimum atomic E-state index is 0.0164. The Hall–Kier alpha value is -2.23.